The van der Waals surface area contributed by atoms with E-state index in [1.54, 1.807) is 0 Å². The van der Waals surface area contributed by atoms with Crippen LogP contribution in [0.5, 0.6) is 0 Å². The number of hydrogen-bond acceptors (Lipinski definition) is 4. The van der Waals surface area contributed by atoms with Crippen LogP contribution in [0, 0.1) is 0 Å². The first kappa shape index (κ1) is 18.2. The molecule has 1 saturated heterocycles. The van der Waals surface area contributed by atoms with Gasteiger partial charge in [-0.1, -0.05) is 32.9 Å². The molecule has 1 amide bonds. The van der Waals surface area contributed by atoms with Gasteiger partial charge in [0, 0.05) is 37.7 Å². The first-order valence-electron chi connectivity index (χ1n) is 9.96. The van der Waals surface area contributed by atoms with Crippen LogP contribution >= 0.6 is 0 Å². The van der Waals surface area contributed by atoms with Crippen molar-refractivity contribution in [2.75, 3.05) is 19.6 Å². The monoisotopic (exact) mass is 367 g/mol. The average Bonchev–Trinajstić information content (AvgIpc) is 3.11. The van der Waals surface area contributed by atoms with Gasteiger partial charge in [0.2, 0.25) is 0 Å². The number of nitrogens with one attached hydrogen (secondary N) is 1. The fourth-order valence-corrected chi connectivity index (χ4v) is 4.05. The van der Waals surface area contributed by atoms with E-state index in [0.717, 1.165) is 62.8 Å². The molecule has 0 saturated carbocycles. The van der Waals surface area contributed by atoms with E-state index >= 15 is 0 Å². The van der Waals surface area contributed by atoms with Gasteiger partial charge in [-0.2, -0.15) is 0 Å². The number of aromatic nitrogens is 3. The van der Waals surface area contributed by atoms with Gasteiger partial charge < -0.3 is 14.8 Å². The molecule has 2 aromatic rings. The molecule has 2 aliphatic heterocycles. The van der Waals surface area contributed by atoms with E-state index in [4.69, 9.17) is 0 Å². The number of hydrogen-bond donors (Lipinski definition) is 1. The first-order chi connectivity index (χ1) is 12.9. The van der Waals surface area contributed by atoms with Crippen molar-refractivity contribution in [1.82, 2.24) is 25.0 Å². The van der Waals surface area contributed by atoms with Gasteiger partial charge in [-0.15, -0.1) is 10.2 Å². The van der Waals surface area contributed by atoms with Gasteiger partial charge in [0.1, 0.15) is 11.6 Å². The molecular formula is C21H29N5O. The number of rotatable bonds is 2. The van der Waals surface area contributed by atoms with Gasteiger partial charge in [-0.3, -0.25) is 4.79 Å². The normalized spacial score (nSPS) is 18.4. The van der Waals surface area contributed by atoms with Crippen LogP contribution in [-0.2, 0) is 18.5 Å². The first-order valence-corrected chi connectivity index (χ1v) is 9.96. The van der Waals surface area contributed by atoms with Gasteiger partial charge >= 0.3 is 0 Å². The van der Waals surface area contributed by atoms with Crippen molar-refractivity contribution in [2.24, 2.45) is 0 Å². The molecule has 0 spiro atoms. The van der Waals surface area contributed by atoms with E-state index in [-0.39, 0.29) is 11.3 Å². The molecule has 0 aliphatic carbocycles. The molecule has 6 heteroatoms. The van der Waals surface area contributed by atoms with Crippen molar-refractivity contribution in [2.45, 2.75) is 58.0 Å². The van der Waals surface area contributed by atoms with Crippen LogP contribution in [0.4, 0.5) is 0 Å². The maximum absolute atomic E-state index is 12.9. The van der Waals surface area contributed by atoms with Crippen LogP contribution in [-0.4, -0.2) is 45.2 Å². The molecule has 27 heavy (non-hydrogen) atoms. The lowest BCUT2D eigenvalue weighted by Gasteiger charge is -2.32. The zero-order valence-electron chi connectivity index (χ0n) is 16.5. The molecule has 1 aromatic carbocycles. The Morgan fingerprint density at radius 2 is 1.78 bits per heavy atom. The lowest BCUT2D eigenvalue weighted by atomic mass is 9.86. The van der Waals surface area contributed by atoms with E-state index in [1.165, 1.54) is 5.56 Å². The summed E-state index contributed by atoms with van der Waals surface area (Å²) in [6.07, 6.45) is 1.91. The number of fused-ring (bicyclic) bond motifs is 1. The Morgan fingerprint density at radius 1 is 1.07 bits per heavy atom. The summed E-state index contributed by atoms with van der Waals surface area (Å²) in [4.78, 5) is 14.9. The lowest BCUT2D eigenvalue weighted by molar-refractivity contribution is 0.0710. The van der Waals surface area contributed by atoms with Crippen LogP contribution in [0.25, 0.3) is 0 Å². The topological polar surface area (TPSA) is 63.1 Å². The molecule has 2 aliphatic rings. The number of carbonyl (C=O) groups excluding carboxylic acids is 1. The third-order valence-corrected chi connectivity index (χ3v) is 5.80. The number of nitrogens with zero attached hydrogens (tertiary/aromatic N) is 4. The standard InChI is InChI=1S/C21H29N5O/c1-21(2,3)17-6-4-16(5-7-17)20(27)25-11-8-15(9-12-25)19-24-23-18-14-22-10-13-26(18)19/h4-7,15,22H,8-14H2,1-3H3. The van der Waals surface area contributed by atoms with Crippen molar-refractivity contribution in [1.29, 1.82) is 0 Å². The molecule has 4 rings (SSSR count). The fraction of sp³-hybridized carbons (Fsp3) is 0.571. The highest BCUT2D eigenvalue weighted by atomic mass is 16.2. The fourth-order valence-electron chi connectivity index (χ4n) is 4.05. The Kier molecular flexibility index (Phi) is 4.76. The predicted molar refractivity (Wildman–Crippen MR) is 105 cm³/mol. The van der Waals surface area contributed by atoms with Gasteiger partial charge in [0.25, 0.3) is 5.91 Å². The second kappa shape index (κ2) is 7.08. The summed E-state index contributed by atoms with van der Waals surface area (Å²) in [7, 11) is 0. The van der Waals surface area contributed by atoms with Gasteiger partial charge in [0.15, 0.2) is 0 Å². The number of carbonyl (C=O) groups is 1. The Balaban J connectivity index is 1.40. The van der Waals surface area contributed by atoms with Crippen LogP contribution in [0.3, 0.4) is 0 Å². The molecule has 6 nitrogen and oxygen atoms in total. The zero-order valence-corrected chi connectivity index (χ0v) is 16.5. The number of amides is 1. The van der Waals surface area contributed by atoms with E-state index in [1.807, 2.05) is 17.0 Å². The average molecular weight is 367 g/mol. The minimum Gasteiger partial charge on any atom is -0.339 e. The second-order valence-electron chi connectivity index (χ2n) is 8.70. The SMILES string of the molecule is CC(C)(C)c1ccc(C(=O)N2CCC(c3nnc4n3CCNC4)CC2)cc1. The van der Waals surface area contributed by atoms with Crippen molar-refractivity contribution in [3.63, 3.8) is 0 Å². The maximum Gasteiger partial charge on any atom is 0.253 e. The molecule has 1 fully saturated rings. The molecule has 0 bridgehead atoms. The van der Waals surface area contributed by atoms with Crippen LogP contribution in [0.15, 0.2) is 24.3 Å². The number of likely N-dealkylation sites (tertiary alicyclic amines) is 1. The summed E-state index contributed by atoms with van der Waals surface area (Å²) in [6.45, 7) is 10.8. The Bertz CT molecular complexity index is 810. The van der Waals surface area contributed by atoms with Crippen molar-refractivity contribution >= 4 is 5.91 Å². The van der Waals surface area contributed by atoms with Crippen molar-refractivity contribution in [3.8, 4) is 0 Å². The van der Waals surface area contributed by atoms with Crippen LogP contribution < -0.4 is 5.32 Å². The van der Waals surface area contributed by atoms with E-state index < -0.39 is 0 Å². The lowest BCUT2D eigenvalue weighted by Crippen LogP contribution is -2.39. The predicted octanol–water partition coefficient (Wildman–Crippen LogP) is 2.70. The highest BCUT2D eigenvalue weighted by Crippen LogP contribution is 2.29. The van der Waals surface area contributed by atoms with Crippen LogP contribution in [0.1, 0.15) is 67.1 Å². The quantitative estimate of drug-likeness (QED) is 0.886. The summed E-state index contributed by atoms with van der Waals surface area (Å²) < 4.78 is 2.27. The zero-order chi connectivity index (χ0) is 19.0. The number of benzene rings is 1. The van der Waals surface area contributed by atoms with E-state index in [0.29, 0.717) is 5.92 Å². The van der Waals surface area contributed by atoms with Gasteiger partial charge in [-0.25, -0.2) is 0 Å². The van der Waals surface area contributed by atoms with E-state index in [2.05, 4.69) is 53.0 Å². The summed E-state index contributed by atoms with van der Waals surface area (Å²) in [5.74, 6) is 2.68. The summed E-state index contributed by atoms with van der Waals surface area (Å²) >= 11 is 0. The highest BCUT2D eigenvalue weighted by Gasteiger charge is 2.29. The number of piperidine rings is 1. The Labute approximate surface area is 161 Å². The molecule has 0 unspecified atom stereocenters. The Morgan fingerprint density at radius 3 is 2.44 bits per heavy atom. The molecule has 1 aromatic heterocycles. The Hall–Kier alpha value is -2.21. The third-order valence-electron chi connectivity index (χ3n) is 5.80. The van der Waals surface area contributed by atoms with E-state index in [9.17, 15) is 4.79 Å². The van der Waals surface area contributed by atoms with Gasteiger partial charge in [0.05, 0.1) is 6.54 Å². The summed E-state index contributed by atoms with van der Waals surface area (Å²) in [5.41, 5.74) is 2.14. The second-order valence-corrected chi connectivity index (χ2v) is 8.70. The minimum atomic E-state index is 0.104. The third kappa shape index (κ3) is 3.63. The summed E-state index contributed by atoms with van der Waals surface area (Å²) in [5, 5.41) is 12.1. The minimum absolute atomic E-state index is 0.104. The molecule has 0 atom stereocenters. The molecule has 0 radical (unpaired) electrons. The van der Waals surface area contributed by atoms with Crippen molar-refractivity contribution < 1.29 is 4.79 Å². The highest BCUT2D eigenvalue weighted by molar-refractivity contribution is 5.94. The largest absolute Gasteiger partial charge is 0.339 e. The van der Waals surface area contributed by atoms with Crippen LogP contribution in [0.2, 0.25) is 0 Å². The summed E-state index contributed by atoms with van der Waals surface area (Å²) in [6, 6.07) is 8.10. The van der Waals surface area contributed by atoms with Gasteiger partial charge in [-0.05, 0) is 36.0 Å². The smallest absolute Gasteiger partial charge is 0.253 e. The molecular weight excluding hydrogens is 338 g/mol. The van der Waals surface area contributed by atoms with Crippen molar-refractivity contribution in [3.05, 3.63) is 47.0 Å². The molecule has 144 valence electrons. The molecule has 1 N–H and O–H groups in total. The molecule has 3 heterocycles. The maximum atomic E-state index is 12.9.